The van der Waals surface area contributed by atoms with E-state index in [0.717, 1.165) is 11.3 Å². The highest BCUT2D eigenvalue weighted by atomic mass is 35.5. The van der Waals surface area contributed by atoms with Crippen molar-refractivity contribution in [2.45, 2.75) is 11.3 Å². The molecule has 1 aliphatic rings. The summed E-state index contributed by atoms with van der Waals surface area (Å²) in [4.78, 5) is 10.9. The molecule has 3 N–H and O–H groups in total. The number of fused-ring (bicyclic) bond motifs is 1. The molecule has 138 valence electrons. The smallest absolute Gasteiger partial charge is 0.292 e. The maximum Gasteiger partial charge on any atom is 0.292 e. The fraction of sp³-hybridized carbons (Fsp3) is 0.250. The molecular weight excluding hydrogens is 380 g/mol. The van der Waals surface area contributed by atoms with Crippen LogP contribution in [-0.4, -0.2) is 33.0 Å². The van der Waals surface area contributed by atoms with Gasteiger partial charge in [-0.15, -0.1) is 0 Å². The van der Waals surface area contributed by atoms with Crippen LogP contribution in [0.5, 0.6) is 0 Å². The Balaban J connectivity index is 1.67. The first-order valence-corrected chi connectivity index (χ1v) is 9.78. The van der Waals surface area contributed by atoms with Crippen LogP contribution in [0.2, 0.25) is 5.02 Å². The number of nitro groups is 1. The third-order valence-electron chi connectivity index (χ3n) is 4.00. The van der Waals surface area contributed by atoms with E-state index >= 15 is 0 Å². The third kappa shape index (κ3) is 3.90. The minimum atomic E-state index is -3.70. The fourth-order valence-electron chi connectivity index (χ4n) is 2.82. The highest BCUT2D eigenvalue weighted by Gasteiger charge is 2.23. The van der Waals surface area contributed by atoms with E-state index in [0.29, 0.717) is 23.7 Å². The highest BCUT2D eigenvalue weighted by Crippen LogP contribution is 2.36. The van der Waals surface area contributed by atoms with Gasteiger partial charge in [0.1, 0.15) is 5.69 Å². The van der Waals surface area contributed by atoms with Crippen molar-refractivity contribution in [1.29, 1.82) is 0 Å². The minimum Gasteiger partial charge on any atom is -0.384 e. The van der Waals surface area contributed by atoms with Gasteiger partial charge >= 0.3 is 0 Å². The van der Waals surface area contributed by atoms with Gasteiger partial charge in [-0.3, -0.25) is 10.1 Å². The van der Waals surface area contributed by atoms with Crippen LogP contribution in [0.4, 0.5) is 17.1 Å². The first-order valence-electron chi connectivity index (χ1n) is 7.92. The fourth-order valence-corrected chi connectivity index (χ4v) is 4.15. The highest BCUT2D eigenvalue weighted by molar-refractivity contribution is 7.89. The lowest BCUT2D eigenvalue weighted by Crippen LogP contribution is -2.29. The van der Waals surface area contributed by atoms with Crippen molar-refractivity contribution < 1.29 is 13.3 Å². The van der Waals surface area contributed by atoms with Gasteiger partial charge in [0.15, 0.2) is 0 Å². The monoisotopic (exact) mass is 396 g/mol. The van der Waals surface area contributed by atoms with Crippen LogP contribution < -0.4 is 15.4 Å². The van der Waals surface area contributed by atoms with Gasteiger partial charge in [0.2, 0.25) is 10.0 Å². The van der Waals surface area contributed by atoms with Crippen molar-refractivity contribution in [2.24, 2.45) is 0 Å². The van der Waals surface area contributed by atoms with E-state index in [1.54, 1.807) is 18.2 Å². The molecule has 0 unspecified atom stereocenters. The molecule has 0 bridgehead atoms. The average molecular weight is 397 g/mol. The second-order valence-electron chi connectivity index (χ2n) is 5.70. The first-order chi connectivity index (χ1) is 12.4. The summed E-state index contributed by atoms with van der Waals surface area (Å²) in [6, 6.07) is 9.08. The molecule has 0 radical (unpaired) electrons. The summed E-state index contributed by atoms with van der Waals surface area (Å²) in [6.45, 7) is 0.993. The Kier molecular flexibility index (Phi) is 5.30. The van der Waals surface area contributed by atoms with E-state index in [-0.39, 0.29) is 23.7 Å². The zero-order valence-corrected chi connectivity index (χ0v) is 15.2. The lowest BCUT2D eigenvalue weighted by molar-refractivity contribution is -0.384. The topological polar surface area (TPSA) is 113 Å². The molecule has 0 spiro atoms. The summed E-state index contributed by atoms with van der Waals surface area (Å²) >= 11 is 5.82. The SMILES string of the molecule is O=[N+]([O-])c1ccc2c(c1NCCNS(=O)(=O)c1cccc(Cl)c1)CCN2. The average Bonchev–Trinajstić information content (AvgIpc) is 3.07. The van der Waals surface area contributed by atoms with E-state index in [4.69, 9.17) is 11.6 Å². The van der Waals surface area contributed by atoms with Crippen molar-refractivity contribution >= 4 is 38.7 Å². The molecule has 8 nitrogen and oxygen atoms in total. The molecule has 26 heavy (non-hydrogen) atoms. The van der Waals surface area contributed by atoms with E-state index < -0.39 is 14.9 Å². The Morgan fingerprint density at radius 1 is 1.23 bits per heavy atom. The zero-order chi connectivity index (χ0) is 18.7. The van der Waals surface area contributed by atoms with Gasteiger partial charge in [-0.1, -0.05) is 17.7 Å². The predicted molar refractivity (Wildman–Crippen MR) is 100 cm³/mol. The van der Waals surface area contributed by atoms with Crippen molar-refractivity contribution in [3.63, 3.8) is 0 Å². The maximum atomic E-state index is 12.2. The van der Waals surface area contributed by atoms with Gasteiger partial charge in [0.25, 0.3) is 5.69 Å². The molecule has 0 saturated carbocycles. The molecule has 10 heteroatoms. The van der Waals surface area contributed by atoms with Crippen molar-refractivity contribution in [3.8, 4) is 0 Å². The summed E-state index contributed by atoms with van der Waals surface area (Å²) in [5.41, 5.74) is 2.11. The molecule has 1 aliphatic heterocycles. The van der Waals surface area contributed by atoms with Gasteiger partial charge in [0.05, 0.1) is 9.82 Å². The molecule has 0 fully saturated rings. The molecule has 3 rings (SSSR count). The van der Waals surface area contributed by atoms with Gasteiger partial charge < -0.3 is 10.6 Å². The maximum absolute atomic E-state index is 12.2. The summed E-state index contributed by atoms with van der Waals surface area (Å²) in [5.74, 6) is 0. The normalized spacial score (nSPS) is 13.1. The van der Waals surface area contributed by atoms with E-state index in [1.807, 2.05) is 0 Å². The van der Waals surface area contributed by atoms with Crippen LogP contribution in [-0.2, 0) is 16.4 Å². The first kappa shape index (κ1) is 18.4. The van der Waals surface area contributed by atoms with Gasteiger partial charge in [-0.2, -0.15) is 0 Å². The molecule has 2 aromatic rings. The number of nitro benzene ring substituents is 1. The second-order valence-corrected chi connectivity index (χ2v) is 7.91. The van der Waals surface area contributed by atoms with Crippen LogP contribution in [0, 0.1) is 10.1 Å². The number of nitrogens with one attached hydrogen (secondary N) is 3. The Hall–Kier alpha value is -2.36. The number of anilines is 2. The number of rotatable bonds is 7. The quantitative estimate of drug-likeness (QED) is 0.376. The molecule has 0 aliphatic carbocycles. The molecule has 0 amide bonds. The molecule has 2 aromatic carbocycles. The number of nitrogens with zero attached hydrogens (tertiary/aromatic N) is 1. The van der Waals surface area contributed by atoms with Crippen LogP contribution in [0.25, 0.3) is 0 Å². The van der Waals surface area contributed by atoms with Crippen molar-refractivity contribution in [1.82, 2.24) is 4.72 Å². The van der Waals surface area contributed by atoms with Crippen LogP contribution >= 0.6 is 11.6 Å². The molecule has 1 heterocycles. The minimum absolute atomic E-state index is 0.0230. The lowest BCUT2D eigenvalue weighted by atomic mass is 10.1. The molecular formula is C16H17ClN4O4S. The van der Waals surface area contributed by atoms with Crippen molar-refractivity contribution in [3.05, 3.63) is 57.1 Å². The summed E-state index contributed by atoms with van der Waals surface area (Å²) in [6.07, 6.45) is 0.674. The van der Waals surface area contributed by atoms with Crippen LogP contribution in [0.1, 0.15) is 5.56 Å². The molecule has 0 aromatic heterocycles. The van der Waals surface area contributed by atoms with Crippen LogP contribution in [0.3, 0.4) is 0 Å². The number of hydrogen-bond acceptors (Lipinski definition) is 6. The zero-order valence-electron chi connectivity index (χ0n) is 13.7. The second kappa shape index (κ2) is 7.48. The largest absolute Gasteiger partial charge is 0.384 e. The van der Waals surface area contributed by atoms with E-state index in [2.05, 4.69) is 15.4 Å². The van der Waals surface area contributed by atoms with Gasteiger partial charge in [-0.05, 0) is 30.7 Å². The van der Waals surface area contributed by atoms with E-state index in [1.165, 1.54) is 18.2 Å². The standard InChI is InChI=1S/C16H17ClN4O4S/c17-11-2-1-3-12(10-11)26(24,25)20-9-8-19-16-13-6-7-18-14(13)4-5-15(16)21(22)23/h1-5,10,18-20H,6-9H2. The van der Waals surface area contributed by atoms with Gasteiger partial charge in [0, 0.05) is 42.0 Å². The molecule has 0 atom stereocenters. The Bertz CT molecular complexity index is 949. The summed E-state index contributed by atoms with van der Waals surface area (Å²) in [5, 5.41) is 17.7. The number of sulfonamides is 1. The summed E-state index contributed by atoms with van der Waals surface area (Å²) in [7, 11) is -3.70. The number of benzene rings is 2. The van der Waals surface area contributed by atoms with E-state index in [9.17, 15) is 18.5 Å². The van der Waals surface area contributed by atoms with Gasteiger partial charge in [-0.25, -0.2) is 13.1 Å². The third-order valence-corrected chi connectivity index (χ3v) is 5.70. The Morgan fingerprint density at radius 3 is 2.77 bits per heavy atom. The lowest BCUT2D eigenvalue weighted by Gasteiger charge is -2.12. The Labute approximate surface area is 155 Å². The molecule has 0 saturated heterocycles. The Morgan fingerprint density at radius 2 is 2.04 bits per heavy atom. The van der Waals surface area contributed by atoms with Crippen LogP contribution in [0.15, 0.2) is 41.3 Å². The summed E-state index contributed by atoms with van der Waals surface area (Å²) < 4.78 is 26.9. The number of hydrogen-bond donors (Lipinski definition) is 3. The predicted octanol–water partition coefficient (Wildman–Crippen LogP) is 2.61. The number of halogens is 1. The van der Waals surface area contributed by atoms with Crippen molar-refractivity contribution in [2.75, 3.05) is 30.3 Å².